The molecule has 1 aromatic heterocycles. The van der Waals surface area contributed by atoms with E-state index in [9.17, 15) is 0 Å². The van der Waals surface area contributed by atoms with Crippen LogP contribution in [0, 0.1) is 6.92 Å². The highest BCUT2D eigenvalue weighted by molar-refractivity contribution is 7.09. The summed E-state index contributed by atoms with van der Waals surface area (Å²) in [6.45, 7) is 7.81. The van der Waals surface area contributed by atoms with Crippen LogP contribution in [0.5, 0.6) is 0 Å². The molecule has 1 aliphatic heterocycles. The normalized spacial score (nSPS) is 27.0. The average molecular weight is 293 g/mol. The van der Waals surface area contributed by atoms with Gasteiger partial charge in [-0.2, -0.15) is 0 Å². The highest BCUT2D eigenvalue weighted by Crippen LogP contribution is 2.36. The van der Waals surface area contributed by atoms with Gasteiger partial charge in [-0.3, -0.25) is 4.90 Å². The molecule has 1 aliphatic carbocycles. The zero-order valence-corrected chi connectivity index (χ0v) is 13.6. The molecule has 112 valence electrons. The maximum atomic E-state index is 4.69. The van der Waals surface area contributed by atoms with E-state index >= 15 is 0 Å². The smallest absolute Gasteiger partial charge is 0.0897 e. The van der Waals surface area contributed by atoms with Gasteiger partial charge in [-0.1, -0.05) is 26.2 Å². The van der Waals surface area contributed by atoms with Gasteiger partial charge in [0.05, 0.1) is 10.7 Å². The highest BCUT2D eigenvalue weighted by Gasteiger charge is 2.41. The summed E-state index contributed by atoms with van der Waals surface area (Å²) in [6, 6.07) is 0.655. The van der Waals surface area contributed by atoms with Crippen molar-refractivity contribution >= 4 is 11.3 Å². The molecule has 20 heavy (non-hydrogen) atoms. The van der Waals surface area contributed by atoms with Crippen LogP contribution in [-0.2, 0) is 6.54 Å². The Balaban J connectivity index is 1.77. The maximum absolute atomic E-state index is 4.69. The van der Waals surface area contributed by atoms with Crippen LogP contribution in [0.1, 0.15) is 56.2 Å². The molecule has 1 atom stereocenters. The number of aromatic nitrogens is 1. The summed E-state index contributed by atoms with van der Waals surface area (Å²) in [5.74, 6) is 0. The van der Waals surface area contributed by atoms with Crippen molar-refractivity contribution in [3.05, 3.63) is 16.1 Å². The monoisotopic (exact) mass is 293 g/mol. The summed E-state index contributed by atoms with van der Waals surface area (Å²) in [5, 5.41) is 7.23. The lowest BCUT2D eigenvalue weighted by Gasteiger charge is -2.52. The lowest BCUT2D eigenvalue weighted by molar-refractivity contribution is 0.00198. The molecule has 0 aromatic carbocycles. The first-order valence-corrected chi connectivity index (χ1v) is 8.99. The van der Waals surface area contributed by atoms with Crippen LogP contribution in [-0.4, -0.2) is 34.6 Å². The molecule has 2 aliphatic rings. The third kappa shape index (κ3) is 2.92. The molecule has 0 amide bonds. The van der Waals surface area contributed by atoms with Crippen LogP contribution in [0.15, 0.2) is 5.38 Å². The lowest BCUT2D eigenvalue weighted by Crippen LogP contribution is -2.64. The number of rotatable bonds is 3. The Bertz CT molecular complexity index is 437. The van der Waals surface area contributed by atoms with Gasteiger partial charge >= 0.3 is 0 Å². The first-order chi connectivity index (χ1) is 9.72. The highest BCUT2D eigenvalue weighted by atomic mass is 32.1. The molecule has 3 nitrogen and oxygen atoms in total. The van der Waals surface area contributed by atoms with Crippen molar-refractivity contribution in [1.29, 1.82) is 0 Å². The Morgan fingerprint density at radius 1 is 1.40 bits per heavy atom. The topological polar surface area (TPSA) is 28.2 Å². The molecule has 1 unspecified atom stereocenters. The largest absolute Gasteiger partial charge is 0.311 e. The van der Waals surface area contributed by atoms with Gasteiger partial charge in [0.1, 0.15) is 0 Å². The van der Waals surface area contributed by atoms with Gasteiger partial charge in [-0.05, 0) is 26.2 Å². The van der Waals surface area contributed by atoms with Crippen LogP contribution in [0.25, 0.3) is 0 Å². The molecule has 2 fully saturated rings. The van der Waals surface area contributed by atoms with Crippen LogP contribution in [0.3, 0.4) is 0 Å². The van der Waals surface area contributed by atoms with E-state index < -0.39 is 0 Å². The standard InChI is InChI=1S/C16H27N3S/c1-3-14-9-19(10-15-11-20-13(2)18-15)16(12-17-14)7-5-4-6-8-16/h11,14,17H,3-10,12H2,1-2H3. The lowest BCUT2D eigenvalue weighted by atomic mass is 9.78. The third-order valence-corrected chi connectivity index (χ3v) is 5.95. The van der Waals surface area contributed by atoms with E-state index in [1.807, 2.05) is 0 Å². The number of piperazine rings is 1. The Labute approximate surface area is 126 Å². The Hall–Kier alpha value is -0.450. The van der Waals surface area contributed by atoms with Gasteiger partial charge in [0.2, 0.25) is 0 Å². The fourth-order valence-electron chi connectivity index (χ4n) is 3.86. The summed E-state index contributed by atoms with van der Waals surface area (Å²) < 4.78 is 0. The summed E-state index contributed by atoms with van der Waals surface area (Å²) in [6.07, 6.45) is 8.15. The van der Waals surface area contributed by atoms with E-state index in [1.54, 1.807) is 11.3 Å². The summed E-state index contributed by atoms with van der Waals surface area (Å²) in [5.41, 5.74) is 1.68. The molecule has 0 bridgehead atoms. The van der Waals surface area contributed by atoms with Crippen molar-refractivity contribution in [3.63, 3.8) is 0 Å². The first-order valence-electron chi connectivity index (χ1n) is 8.11. The zero-order valence-electron chi connectivity index (χ0n) is 12.8. The van der Waals surface area contributed by atoms with Gasteiger partial charge in [-0.25, -0.2) is 4.98 Å². The molecule has 4 heteroatoms. The van der Waals surface area contributed by atoms with E-state index in [2.05, 4.69) is 29.4 Å². The zero-order chi connectivity index (χ0) is 14.0. The van der Waals surface area contributed by atoms with E-state index in [0.29, 0.717) is 11.6 Å². The van der Waals surface area contributed by atoms with Crippen LogP contribution in [0.4, 0.5) is 0 Å². The second-order valence-corrected chi connectivity index (χ2v) is 7.57. The Kier molecular flexibility index (Phi) is 4.43. The molecular weight excluding hydrogens is 266 g/mol. The van der Waals surface area contributed by atoms with E-state index in [-0.39, 0.29) is 0 Å². The molecule has 2 heterocycles. The van der Waals surface area contributed by atoms with Crippen molar-refractivity contribution in [2.75, 3.05) is 13.1 Å². The minimum atomic E-state index is 0.404. The molecule has 0 radical (unpaired) electrons. The summed E-state index contributed by atoms with van der Waals surface area (Å²) in [7, 11) is 0. The molecular formula is C16H27N3S. The van der Waals surface area contributed by atoms with Crippen molar-refractivity contribution < 1.29 is 0 Å². The van der Waals surface area contributed by atoms with Crippen molar-refractivity contribution in [2.24, 2.45) is 0 Å². The number of nitrogens with zero attached hydrogens (tertiary/aromatic N) is 2. The third-order valence-electron chi connectivity index (χ3n) is 5.13. The summed E-state index contributed by atoms with van der Waals surface area (Å²) >= 11 is 1.78. The maximum Gasteiger partial charge on any atom is 0.0897 e. The molecule has 1 N–H and O–H groups in total. The van der Waals surface area contributed by atoms with Crippen LogP contribution in [0.2, 0.25) is 0 Å². The van der Waals surface area contributed by atoms with Gasteiger partial charge in [0, 0.05) is 36.6 Å². The van der Waals surface area contributed by atoms with Crippen molar-refractivity contribution in [2.45, 2.75) is 70.5 Å². The van der Waals surface area contributed by atoms with Gasteiger partial charge in [-0.15, -0.1) is 11.3 Å². The number of hydrogen-bond donors (Lipinski definition) is 1. The second kappa shape index (κ2) is 6.12. The molecule has 1 aromatic rings. The average Bonchev–Trinajstić information content (AvgIpc) is 2.88. The fourth-order valence-corrected chi connectivity index (χ4v) is 4.46. The van der Waals surface area contributed by atoms with Gasteiger partial charge in [0.25, 0.3) is 0 Å². The van der Waals surface area contributed by atoms with E-state index in [4.69, 9.17) is 4.98 Å². The molecule has 3 rings (SSSR count). The number of aryl methyl sites for hydroxylation is 1. The molecule has 1 saturated heterocycles. The molecule has 1 spiro atoms. The first kappa shape index (κ1) is 14.5. The van der Waals surface area contributed by atoms with E-state index in [0.717, 1.165) is 6.54 Å². The van der Waals surface area contributed by atoms with Gasteiger partial charge < -0.3 is 5.32 Å². The second-order valence-electron chi connectivity index (χ2n) is 6.51. The van der Waals surface area contributed by atoms with Crippen molar-refractivity contribution in [3.8, 4) is 0 Å². The minimum Gasteiger partial charge on any atom is -0.311 e. The number of hydrogen-bond acceptors (Lipinski definition) is 4. The van der Waals surface area contributed by atoms with E-state index in [1.165, 1.54) is 62.3 Å². The molecule has 1 saturated carbocycles. The fraction of sp³-hybridized carbons (Fsp3) is 0.812. The summed E-state index contributed by atoms with van der Waals surface area (Å²) in [4.78, 5) is 7.45. The van der Waals surface area contributed by atoms with Crippen molar-refractivity contribution in [1.82, 2.24) is 15.2 Å². The SMILES string of the molecule is CCC1CN(Cc2csc(C)n2)C2(CCCCC2)CN1. The minimum absolute atomic E-state index is 0.404. The number of thiazole rings is 1. The quantitative estimate of drug-likeness (QED) is 0.926. The Morgan fingerprint density at radius 2 is 2.20 bits per heavy atom. The van der Waals surface area contributed by atoms with Crippen LogP contribution >= 0.6 is 11.3 Å². The Morgan fingerprint density at radius 3 is 2.85 bits per heavy atom. The number of nitrogens with one attached hydrogen (secondary N) is 1. The van der Waals surface area contributed by atoms with Crippen LogP contribution < -0.4 is 5.32 Å². The van der Waals surface area contributed by atoms with Gasteiger partial charge in [0.15, 0.2) is 0 Å². The predicted octanol–water partition coefficient (Wildman–Crippen LogP) is 3.34. The predicted molar refractivity (Wildman–Crippen MR) is 85.2 cm³/mol.